The highest BCUT2D eigenvalue weighted by atomic mass is 35.5. The van der Waals surface area contributed by atoms with E-state index < -0.39 is 0 Å². The van der Waals surface area contributed by atoms with Gasteiger partial charge in [-0.1, -0.05) is 35.9 Å². The Morgan fingerprint density at radius 2 is 1.73 bits per heavy atom. The van der Waals surface area contributed by atoms with Gasteiger partial charge in [0.25, 0.3) is 0 Å². The second-order valence-electron chi connectivity index (χ2n) is 9.60. The zero-order valence-corrected chi connectivity index (χ0v) is 22.4. The third-order valence-electron chi connectivity index (χ3n) is 7.19. The summed E-state index contributed by atoms with van der Waals surface area (Å²) in [6.45, 7) is 8.47. The third kappa shape index (κ3) is 4.73. The summed E-state index contributed by atoms with van der Waals surface area (Å²) in [5, 5.41) is 6.69. The van der Waals surface area contributed by atoms with Crippen LogP contribution in [-0.4, -0.2) is 50.3 Å². The Morgan fingerprint density at radius 1 is 0.946 bits per heavy atom. The fourth-order valence-corrected chi connectivity index (χ4v) is 5.59. The Morgan fingerprint density at radius 3 is 2.49 bits per heavy atom. The van der Waals surface area contributed by atoms with E-state index in [1.54, 1.807) is 0 Å². The molecule has 4 heterocycles. The summed E-state index contributed by atoms with van der Waals surface area (Å²) >= 11 is 12.3. The molecule has 0 atom stereocenters. The molecule has 1 N–H and O–H groups in total. The predicted octanol–water partition coefficient (Wildman–Crippen LogP) is 6.69. The van der Waals surface area contributed by atoms with Gasteiger partial charge in [-0.05, 0) is 67.1 Å². The molecule has 0 unspecified atom stereocenters. The highest BCUT2D eigenvalue weighted by molar-refractivity contribution is 6.30. The van der Waals surface area contributed by atoms with Gasteiger partial charge >= 0.3 is 0 Å². The molecule has 0 spiro atoms. The number of nitrogens with one attached hydrogen (secondary N) is 1. The number of aryl methyl sites for hydroxylation is 1. The van der Waals surface area contributed by atoms with Crippen molar-refractivity contribution >= 4 is 40.1 Å². The van der Waals surface area contributed by atoms with E-state index in [4.69, 9.17) is 33.5 Å². The second-order valence-corrected chi connectivity index (χ2v) is 10.5. The molecule has 0 radical (unpaired) electrons. The molecule has 6 nitrogen and oxygen atoms in total. The van der Waals surface area contributed by atoms with Crippen molar-refractivity contribution in [3.63, 3.8) is 0 Å². The van der Waals surface area contributed by atoms with Crippen molar-refractivity contribution in [2.24, 2.45) is 0 Å². The van der Waals surface area contributed by atoms with E-state index in [2.05, 4.69) is 64.8 Å². The Labute approximate surface area is 226 Å². The van der Waals surface area contributed by atoms with Gasteiger partial charge in [0.15, 0.2) is 0 Å². The number of nitrogens with zero attached hydrogens (tertiary/aromatic N) is 5. The monoisotopic (exact) mass is 530 g/mol. The van der Waals surface area contributed by atoms with Crippen LogP contribution in [0.25, 0.3) is 33.3 Å². The number of hydrogen-bond acceptors (Lipinski definition) is 4. The minimum absolute atomic E-state index is 0.672. The van der Waals surface area contributed by atoms with Gasteiger partial charge in [-0.15, -0.1) is 0 Å². The summed E-state index contributed by atoms with van der Waals surface area (Å²) in [5.41, 5.74) is 9.82. The van der Waals surface area contributed by atoms with Gasteiger partial charge in [0, 0.05) is 77.1 Å². The van der Waals surface area contributed by atoms with Crippen molar-refractivity contribution in [2.45, 2.75) is 20.4 Å². The van der Waals surface area contributed by atoms with Gasteiger partial charge < -0.3 is 9.88 Å². The molecule has 0 saturated carbocycles. The van der Waals surface area contributed by atoms with E-state index in [-0.39, 0.29) is 0 Å². The summed E-state index contributed by atoms with van der Waals surface area (Å²) in [6.07, 6.45) is 3.98. The molecule has 0 aliphatic carbocycles. The number of pyridine rings is 1. The molecule has 2 aromatic carbocycles. The first-order valence-electron chi connectivity index (χ1n) is 12.5. The maximum atomic E-state index is 6.20. The fourth-order valence-electron chi connectivity index (χ4n) is 5.22. The molecule has 5 aromatic rings. The smallest absolute Gasteiger partial charge is 0.137 e. The molecule has 8 heteroatoms. The number of halogens is 2. The minimum atomic E-state index is 0.672. The first-order chi connectivity index (χ1) is 18.0. The average molecular weight is 531 g/mol. The molecule has 0 bridgehead atoms. The zero-order chi connectivity index (χ0) is 25.5. The maximum Gasteiger partial charge on any atom is 0.137 e. The normalized spacial score (nSPS) is 14.5. The molecule has 188 valence electrons. The number of aromatic nitrogens is 4. The number of rotatable bonds is 5. The van der Waals surface area contributed by atoms with Crippen molar-refractivity contribution < 1.29 is 0 Å². The summed E-state index contributed by atoms with van der Waals surface area (Å²) < 4.78 is 3.90. The Bertz CT molecular complexity index is 1560. The van der Waals surface area contributed by atoms with Crippen LogP contribution in [0.5, 0.6) is 0 Å². The molecule has 1 aliphatic heterocycles. The quantitative estimate of drug-likeness (QED) is 0.257. The maximum absolute atomic E-state index is 6.20. The van der Waals surface area contributed by atoms with Crippen LogP contribution in [0, 0.1) is 13.8 Å². The van der Waals surface area contributed by atoms with Crippen LogP contribution in [0.15, 0.2) is 67.0 Å². The first-order valence-corrected chi connectivity index (χ1v) is 13.2. The Hall–Kier alpha value is -3.32. The lowest BCUT2D eigenvalue weighted by Crippen LogP contribution is -2.42. The van der Waals surface area contributed by atoms with Crippen LogP contribution in [0.2, 0.25) is 5.02 Å². The predicted molar refractivity (Wildman–Crippen MR) is 152 cm³/mol. The van der Waals surface area contributed by atoms with Gasteiger partial charge in [0.1, 0.15) is 5.65 Å². The average Bonchev–Trinajstić information content (AvgIpc) is 3.43. The topological polar surface area (TPSA) is 53.0 Å². The van der Waals surface area contributed by atoms with Crippen molar-refractivity contribution in [1.82, 2.24) is 24.2 Å². The molecule has 6 rings (SSSR count). The number of H-pyrrole nitrogens is 1. The van der Waals surface area contributed by atoms with Crippen LogP contribution >= 0.6 is 23.4 Å². The molecular weight excluding hydrogens is 503 g/mol. The lowest BCUT2D eigenvalue weighted by atomic mass is 10.0. The molecule has 1 aliphatic rings. The number of piperazine rings is 1. The minimum Gasteiger partial charge on any atom is -0.369 e. The Balaban J connectivity index is 1.31. The van der Waals surface area contributed by atoms with E-state index in [1.807, 2.05) is 35.0 Å². The number of hydrogen-bond donors (Lipinski definition) is 1. The van der Waals surface area contributed by atoms with Crippen molar-refractivity contribution in [3.8, 4) is 22.3 Å². The van der Waals surface area contributed by atoms with Crippen LogP contribution in [-0.2, 0) is 6.54 Å². The number of anilines is 1. The fraction of sp³-hybridized carbons (Fsp3) is 0.241. The van der Waals surface area contributed by atoms with Crippen molar-refractivity contribution in [2.75, 3.05) is 31.1 Å². The van der Waals surface area contributed by atoms with E-state index in [0.29, 0.717) is 6.54 Å². The van der Waals surface area contributed by atoms with E-state index in [0.717, 1.165) is 81.4 Å². The highest BCUT2D eigenvalue weighted by Gasteiger charge is 2.19. The van der Waals surface area contributed by atoms with Crippen molar-refractivity contribution in [1.29, 1.82) is 0 Å². The Kier molecular flexibility index (Phi) is 6.41. The number of aromatic amines is 1. The van der Waals surface area contributed by atoms with Gasteiger partial charge in [0.2, 0.25) is 0 Å². The summed E-state index contributed by atoms with van der Waals surface area (Å²) in [7, 11) is 0. The van der Waals surface area contributed by atoms with Crippen LogP contribution in [0.4, 0.5) is 5.69 Å². The van der Waals surface area contributed by atoms with Gasteiger partial charge in [0.05, 0.1) is 12.2 Å². The molecule has 1 fully saturated rings. The zero-order valence-electron chi connectivity index (χ0n) is 20.9. The third-order valence-corrected chi connectivity index (χ3v) is 7.77. The SMILES string of the molecule is Cc1nn(Cc2cccc(Cl)c2)c(C)c1-c1c[nH]c2ncc(-c3ccc(N4CCN(Cl)CC4)cc3)cc12. The summed E-state index contributed by atoms with van der Waals surface area (Å²) in [6, 6.07) is 18.9. The lowest BCUT2D eigenvalue weighted by Gasteiger charge is -2.32. The van der Waals surface area contributed by atoms with Crippen LogP contribution in [0.1, 0.15) is 17.0 Å². The van der Waals surface area contributed by atoms with E-state index in [9.17, 15) is 0 Å². The molecule has 1 saturated heterocycles. The van der Waals surface area contributed by atoms with Crippen LogP contribution in [0.3, 0.4) is 0 Å². The van der Waals surface area contributed by atoms with E-state index in [1.165, 1.54) is 5.69 Å². The van der Waals surface area contributed by atoms with E-state index >= 15 is 0 Å². The number of benzene rings is 2. The second kappa shape index (κ2) is 9.86. The molecule has 0 amide bonds. The highest BCUT2D eigenvalue weighted by Crippen LogP contribution is 2.35. The van der Waals surface area contributed by atoms with Gasteiger partial charge in [-0.25, -0.2) is 9.40 Å². The van der Waals surface area contributed by atoms with Crippen LogP contribution < -0.4 is 4.90 Å². The summed E-state index contributed by atoms with van der Waals surface area (Å²) in [4.78, 5) is 10.5. The lowest BCUT2D eigenvalue weighted by molar-refractivity contribution is 0.416. The molecular formula is C29H28Cl2N6. The first kappa shape index (κ1) is 24.0. The van der Waals surface area contributed by atoms with Gasteiger partial charge in [-0.3, -0.25) is 4.68 Å². The number of fused-ring (bicyclic) bond motifs is 1. The summed E-state index contributed by atoms with van der Waals surface area (Å²) in [5.74, 6) is 0. The molecule has 37 heavy (non-hydrogen) atoms. The molecule has 3 aromatic heterocycles. The largest absolute Gasteiger partial charge is 0.369 e. The standard InChI is InChI=1S/C29H28Cl2N6/c1-19-28(20(2)37(34-19)18-21-4-3-5-24(30)14-21)27-17-33-29-26(27)15-23(16-32-29)22-6-8-25(9-7-22)35-10-12-36(31)13-11-35/h3-9,14-17H,10-13,18H2,1-2H3,(H,32,33). The van der Waals surface area contributed by atoms with Crippen molar-refractivity contribution in [3.05, 3.63) is 89.0 Å². The van der Waals surface area contributed by atoms with Gasteiger partial charge in [-0.2, -0.15) is 5.10 Å².